The van der Waals surface area contributed by atoms with Gasteiger partial charge in [0.2, 0.25) is 5.91 Å². The average Bonchev–Trinajstić information content (AvgIpc) is 3.08. The molecule has 0 aliphatic carbocycles. The number of hydrogen-bond donors (Lipinski definition) is 1. The molecule has 0 unspecified atom stereocenters. The lowest BCUT2D eigenvalue weighted by molar-refractivity contribution is -0.122. The van der Waals surface area contributed by atoms with Gasteiger partial charge < -0.3 is 15.0 Å². The number of para-hydroxylation sites is 2. The Morgan fingerprint density at radius 1 is 1.24 bits per heavy atom. The van der Waals surface area contributed by atoms with Crippen LogP contribution in [0.25, 0.3) is 10.1 Å². The van der Waals surface area contributed by atoms with Crippen LogP contribution < -0.4 is 10.2 Å². The number of nitrogens with zero attached hydrogens (tertiary/aromatic N) is 1. The molecule has 0 bridgehead atoms. The van der Waals surface area contributed by atoms with Gasteiger partial charge in [0.05, 0.1) is 11.4 Å². The molecule has 1 aromatic heterocycles. The molecule has 1 aliphatic rings. The van der Waals surface area contributed by atoms with E-state index in [9.17, 15) is 18.8 Å². The zero-order valence-electron chi connectivity index (χ0n) is 15.5. The summed E-state index contributed by atoms with van der Waals surface area (Å²) in [7, 11) is 0. The minimum absolute atomic E-state index is 0.129. The first-order chi connectivity index (χ1) is 13.9. The molecule has 1 aliphatic heterocycles. The number of carbonyl (C=O) groups is 3. The van der Waals surface area contributed by atoms with Gasteiger partial charge >= 0.3 is 5.97 Å². The van der Waals surface area contributed by atoms with E-state index < -0.39 is 30.3 Å². The lowest BCUT2D eigenvalue weighted by Crippen LogP contribution is -2.41. The Morgan fingerprint density at radius 2 is 2.03 bits per heavy atom. The summed E-state index contributed by atoms with van der Waals surface area (Å²) in [5.41, 5.74) is 1.08. The van der Waals surface area contributed by atoms with Crippen LogP contribution in [0, 0.1) is 5.82 Å². The largest absolute Gasteiger partial charge is 0.451 e. The number of esters is 1. The van der Waals surface area contributed by atoms with Gasteiger partial charge in [0, 0.05) is 22.5 Å². The molecule has 0 fully saturated rings. The number of halogens is 1. The van der Waals surface area contributed by atoms with Gasteiger partial charge in [0.25, 0.3) is 5.91 Å². The fourth-order valence-corrected chi connectivity index (χ4v) is 4.33. The quantitative estimate of drug-likeness (QED) is 0.661. The fourth-order valence-electron chi connectivity index (χ4n) is 3.36. The number of benzene rings is 2. The van der Waals surface area contributed by atoms with Crippen LogP contribution in [0.1, 0.15) is 23.0 Å². The minimum atomic E-state index is -0.691. The number of thiophene rings is 1. The zero-order valence-corrected chi connectivity index (χ0v) is 16.3. The second-order valence-corrected chi connectivity index (χ2v) is 7.80. The molecule has 6 nitrogen and oxygen atoms in total. The molecule has 8 heteroatoms. The highest BCUT2D eigenvalue weighted by molar-refractivity contribution is 7.20. The predicted molar refractivity (Wildman–Crippen MR) is 109 cm³/mol. The summed E-state index contributed by atoms with van der Waals surface area (Å²) in [6.07, 6.45) is 0.129. The molecule has 2 heterocycles. The van der Waals surface area contributed by atoms with Gasteiger partial charge in [0.1, 0.15) is 10.7 Å². The topological polar surface area (TPSA) is 75.7 Å². The highest BCUT2D eigenvalue weighted by Crippen LogP contribution is 2.32. The average molecular weight is 412 g/mol. The first kappa shape index (κ1) is 19.1. The van der Waals surface area contributed by atoms with Crippen molar-refractivity contribution in [3.63, 3.8) is 0 Å². The molecule has 1 N–H and O–H groups in total. The lowest BCUT2D eigenvalue weighted by Gasteiger charge is -2.27. The highest BCUT2D eigenvalue weighted by Gasteiger charge is 2.30. The first-order valence-corrected chi connectivity index (χ1v) is 9.82. The van der Waals surface area contributed by atoms with Gasteiger partial charge in [-0.3, -0.25) is 9.59 Å². The zero-order chi connectivity index (χ0) is 20.5. The van der Waals surface area contributed by atoms with Crippen molar-refractivity contribution in [2.24, 2.45) is 0 Å². The van der Waals surface area contributed by atoms with Crippen LogP contribution >= 0.6 is 11.3 Å². The standard InChI is InChI=1S/C21H17FN2O4S/c1-12-9-19(25)23-15-6-2-3-7-16(15)24(12)20(26)11-28-21(27)18-10-13-14(22)5-4-8-17(13)29-18/h2-8,10,12H,9,11H2,1H3,(H,23,25)/t12-/m0/s1. The molecule has 2 aromatic carbocycles. The van der Waals surface area contributed by atoms with Gasteiger partial charge in [-0.15, -0.1) is 11.3 Å². The normalized spacial score (nSPS) is 16.1. The smallest absolute Gasteiger partial charge is 0.348 e. The third-order valence-electron chi connectivity index (χ3n) is 4.66. The van der Waals surface area contributed by atoms with Gasteiger partial charge in [-0.1, -0.05) is 18.2 Å². The van der Waals surface area contributed by atoms with Crippen molar-refractivity contribution in [3.05, 3.63) is 59.2 Å². The Balaban J connectivity index is 1.52. The van der Waals surface area contributed by atoms with Crippen LogP contribution in [0.4, 0.5) is 15.8 Å². The summed E-state index contributed by atoms with van der Waals surface area (Å²) in [5, 5.41) is 3.12. The number of carbonyl (C=O) groups excluding carboxylic acids is 3. The Kier molecular flexibility index (Phi) is 5.02. The van der Waals surface area contributed by atoms with E-state index in [0.29, 0.717) is 21.5 Å². The van der Waals surface area contributed by atoms with Crippen LogP contribution in [-0.4, -0.2) is 30.4 Å². The summed E-state index contributed by atoms with van der Waals surface area (Å²) in [5.74, 6) is -1.74. The number of nitrogens with one attached hydrogen (secondary N) is 1. The number of rotatable bonds is 3. The maximum atomic E-state index is 13.8. The van der Waals surface area contributed by atoms with E-state index in [-0.39, 0.29) is 17.2 Å². The van der Waals surface area contributed by atoms with Crippen LogP contribution in [0.2, 0.25) is 0 Å². The Bertz CT molecular complexity index is 1130. The summed E-state index contributed by atoms with van der Waals surface area (Å²) in [6, 6.07) is 12.6. The number of anilines is 2. The van der Waals surface area contributed by atoms with Crippen molar-refractivity contribution < 1.29 is 23.5 Å². The van der Waals surface area contributed by atoms with Crippen molar-refractivity contribution in [2.45, 2.75) is 19.4 Å². The number of hydrogen-bond acceptors (Lipinski definition) is 5. The minimum Gasteiger partial charge on any atom is -0.451 e. The van der Waals surface area contributed by atoms with E-state index in [1.54, 1.807) is 43.3 Å². The van der Waals surface area contributed by atoms with Crippen molar-refractivity contribution in [2.75, 3.05) is 16.8 Å². The SMILES string of the molecule is C[C@H]1CC(=O)Nc2ccccc2N1C(=O)COC(=O)c1cc2c(F)cccc2s1. The van der Waals surface area contributed by atoms with E-state index >= 15 is 0 Å². The Morgan fingerprint density at radius 3 is 2.83 bits per heavy atom. The summed E-state index contributed by atoms with van der Waals surface area (Å²) in [6.45, 7) is 1.28. The maximum absolute atomic E-state index is 13.8. The van der Waals surface area contributed by atoms with Crippen molar-refractivity contribution in [1.29, 1.82) is 0 Å². The number of ether oxygens (including phenoxy) is 1. The molecule has 0 saturated carbocycles. The van der Waals surface area contributed by atoms with Crippen LogP contribution in [0.5, 0.6) is 0 Å². The molecular formula is C21H17FN2O4S. The monoisotopic (exact) mass is 412 g/mol. The van der Waals surface area contributed by atoms with Crippen LogP contribution in [0.3, 0.4) is 0 Å². The Hall–Kier alpha value is -3.26. The molecule has 4 rings (SSSR count). The molecule has 2 amide bonds. The summed E-state index contributed by atoms with van der Waals surface area (Å²) in [4.78, 5) is 38.9. The maximum Gasteiger partial charge on any atom is 0.348 e. The lowest BCUT2D eigenvalue weighted by atomic mass is 10.1. The van der Waals surface area contributed by atoms with Crippen molar-refractivity contribution >= 4 is 50.6 Å². The van der Waals surface area contributed by atoms with Crippen LogP contribution in [-0.2, 0) is 14.3 Å². The molecular weight excluding hydrogens is 395 g/mol. The van der Waals surface area contributed by atoms with E-state index in [4.69, 9.17) is 4.74 Å². The van der Waals surface area contributed by atoms with Gasteiger partial charge in [0.15, 0.2) is 6.61 Å². The molecule has 0 spiro atoms. The Labute approximate surface area is 169 Å². The second-order valence-electron chi connectivity index (χ2n) is 6.72. The molecule has 3 aromatic rings. The van der Waals surface area contributed by atoms with E-state index in [2.05, 4.69) is 5.32 Å². The van der Waals surface area contributed by atoms with Crippen molar-refractivity contribution in [1.82, 2.24) is 0 Å². The molecule has 148 valence electrons. The van der Waals surface area contributed by atoms with Gasteiger partial charge in [-0.2, -0.15) is 0 Å². The third-order valence-corrected chi connectivity index (χ3v) is 5.74. The van der Waals surface area contributed by atoms with Gasteiger partial charge in [-0.05, 0) is 37.3 Å². The predicted octanol–water partition coefficient (Wildman–Crippen LogP) is 3.96. The summed E-state index contributed by atoms with van der Waals surface area (Å²) >= 11 is 1.11. The molecule has 0 saturated heterocycles. The van der Waals surface area contributed by atoms with Gasteiger partial charge in [-0.25, -0.2) is 9.18 Å². The third kappa shape index (κ3) is 3.71. The molecule has 1 atom stereocenters. The summed E-state index contributed by atoms with van der Waals surface area (Å²) < 4.78 is 19.7. The highest BCUT2D eigenvalue weighted by atomic mass is 32.1. The molecule has 0 radical (unpaired) electrons. The fraction of sp³-hybridized carbons (Fsp3) is 0.190. The number of fused-ring (bicyclic) bond motifs is 2. The molecule has 29 heavy (non-hydrogen) atoms. The number of amides is 2. The van der Waals surface area contributed by atoms with E-state index in [1.165, 1.54) is 17.0 Å². The first-order valence-electron chi connectivity index (χ1n) is 9.00. The second kappa shape index (κ2) is 7.63. The van der Waals surface area contributed by atoms with E-state index in [0.717, 1.165) is 11.3 Å². The van der Waals surface area contributed by atoms with Crippen molar-refractivity contribution in [3.8, 4) is 0 Å². The van der Waals surface area contributed by atoms with E-state index in [1.807, 2.05) is 0 Å². The van der Waals surface area contributed by atoms with Crippen LogP contribution in [0.15, 0.2) is 48.5 Å².